The predicted octanol–water partition coefficient (Wildman–Crippen LogP) is 9.33. The molecule has 0 N–H and O–H groups in total. The summed E-state index contributed by atoms with van der Waals surface area (Å²) in [4.78, 5) is 0. The maximum absolute atomic E-state index is 2.46. The Labute approximate surface area is 187 Å². The Balaban J connectivity index is 1.23. The minimum Gasteiger partial charge on any atom is -0.0654 e. The standard InChI is InChI=1S/C30H48/c1-3-5-6-8-24-11-15-26(16-12-24)28-18-20-29-21-27(17-19-30(29)22-28)25-13-9-23(7-4-2)10-14-25/h9-10,13-14,24,26-30H,3-8,11-12,15-22H2,1-2H3. The van der Waals surface area contributed by atoms with E-state index in [1.165, 1.54) is 69.8 Å². The van der Waals surface area contributed by atoms with Gasteiger partial charge in [-0.3, -0.25) is 0 Å². The van der Waals surface area contributed by atoms with Crippen LogP contribution in [-0.2, 0) is 6.42 Å². The number of fused-ring (bicyclic) bond motifs is 1. The van der Waals surface area contributed by atoms with Gasteiger partial charge in [-0.25, -0.2) is 0 Å². The van der Waals surface area contributed by atoms with E-state index >= 15 is 0 Å². The second-order valence-electron chi connectivity index (χ2n) is 11.4. The summed E-state index contributed by atoms with van der Waals surface area (Å²) < 4.78 is 0. The molecule has 0 heterocycles. The van der Waals surface area contributed by atoms with Crippen molar-refractivity contribution < 1.29 is 0 Å². The number of unbranched alkanes of at least 4 members (excludes halogenated alkanes) is 2. The fourth-order valence-electron chi connectivity index (χ4n) is 7.53. The number of hydrogen-bond donors (Lipinski definition) is 0. The summed E-state index contributed by atoms with van der Waals surface area (Å²) in [6.07, 6.45) is 23.7. The van der Waals surface area contributed by atoms with Gasteiger partial charge in [-0.05, 0) is 104 Å². The lowest BCUT2D eigenvalue weighted by molar-refractivity contribution is 0.0710. The van der Waals surface area contributed by atoms with Gasteiger partial charge in [0.05, 0.1) is 0 Å². The molecule has 0 amide bonds. The van der Waals surface area contributed by atoms with Crippen molar-refractivity contribution in [3.63, 3.8) is 0 Å². The lowest BCUT2D eigenvalue weighted by atomic mass is 9.60. The zero-order valence-electron chi connectivity index (χ0n) is 20.1. The van der Waals surface area contributed by atoms with Gasteiger partial charge < -0.3 is 0 Å². The maximum Gasteiger partial charge on any atom is -0.0159 e. The third-order valence-corrected chi connectivity index (χ3v) is 9.42. The van der Waals surface area contributed by atoms with Crippen LogP contribution in [0.25, 0.3) is 0 Å². The van der Waals surface area contributed by atoms with Gasteiger partial charge in [0.2, 0.25) is 0 Å². The van der Waals surface area contributed by atoms with Gasteiger partial charge in [0.1, 0.15) is 0 Å². The van der Waals surface area contributed by atoms with Gasteiger partial charge in [-0.2, -0.15) is 0 Å². The van der Waals surface area contributed by atoms with Gasteiger partial charge in [-0.15, -0.1) is 0 Å². The smallest absolute Gasteiger partial charge is 0.0159 e. The number of aryl methyl sites for hydroxylation is 1. The van der Waals surface area contributed by atoms with E-state index in [9.17, 15) is 0 Å². The molecule has 0 heteroatoms. The molecule has 3 saturated carbocycles. The Kier molecular flexibility index (Phi) is 8.36. The minimum atomic E-state index is 0.844. The van der Waals surface area contributed by atoms with E-state index in [1.54, 1.807) is 44.1 Å². The van der Waals surface area contributed by atoms with E-state index < -0.39 is 0 Å². The first-order valence-electron chi connectivity index (χ1n) is 13.9. The summed E-state index contributed by atoms with van der Waals surface area (Å²) in [5.41, 5.74) is 3.16. The molecule has 4 atom stereocenters. The molecule has 4 unspecified atom stereocenters. The van der Waals surface area contributed by atoms with Crippen LogP contribution < -0.4 is 0 Å². The zero-order chi connectivity index (χ0) is 20.8. The third kappa shape index (κ3) is 5.72. The highest BCUT2D eigenvalue weighted by Crippen LogP contribution is 2.51. The van der Waals surface area contributed by atoms with Crippen molar-refractivity contribution in [1.29, 1.82) is 0 Å². The molecule has 3 fully saturated rings. The van der Waals surface area contributed by atoms with Crippen LogP contribution in [0.4, 0.5) is 0 Å². The highest BCUT2D eigenvalue weighted by atomic mass is 14.4. The zero-order valence-corrected chi connectivity index (χ0v) is 20.1. The topological polar surface area (TPSA) is 0 Å². The van der Waals surface area contributed by atoms with Crippen LogP contribution in [0, 0.1) is 29.6 Å². The van der Waals surface area contributed by atoms with Crippen molar-refractivity contribution in [2.45, 2.75) is 122 Å². The fourth-order valence-corrected chi connectivity index (χ4v) is 7.53. The van der Waals surface area contributed by atoms with Gasteiger partial charge in [0, 0.05) is 0 Å². The molecule has 0 spiro atoms. The molecular weight excluding hydrogens is 360 g/mol. The van der Waals surface area contributed by atoms with Crippen molar-refractivity contribution in [3.8, 4) is 0 Å². The second-order valence-corrected chi connectivity index (χ2v) is 11.4. The molecule has 0 nitrogen and oxygen atoms in total. The second kappa shape index (κ2) is 11.2. The highest BCUT2D eigenvalue weighted by Gasteiger charge is 2.39. The molecule has 3 aliphatic rings. The first-order chi connectivity index (χ1) is 14.8. The summed E-state index contributed by atoms with van der Waals surface area (Å²) >= 11 is 0. The molecule has 4 rings (SSSR count). The summed E-state index contributed by atoms with van der Waals surface area (Å²) in [6.45, 7) is 4.62. The number of benzene rings is 1. The van der Waals surface area contributed by atoms with E-state index in [4.69, 9.17) is 0 Å². The Hall–Kier alpha value is -0.780. The third-order valence-electron chi connectivity index (χ3n) is 9.42. The van der Waals surface area contributed by atoms with Gasteiger partial charge in [0.25, 0.3) is 0 Å². The molecule has 3 aliphatic carbocycles. The predicted molar refractivity (Wildman–Crippen MR) is 131 cm³/mol. The lowest BCUT2D eigenvalue weighted by Crippen LogP contribution is -2.34. The molecule has 1 aromatic carbocycles. The lowest BCUT2D eigenvalue weighted by Gasteiger charge is -2.45. The van der Waals surface area contributed by atoms with E-state index in [2.05, 4.69) is 38.1 Å². The molecule has 1 aromatic rings. The molecule has 0 aliphatic heterocycles. The average Bonchev–Trinajstić information content (AvgIpc) is 2.80. The van der Waals surface area contributed by atoms with E-state index in [-0.39, 0.29) is 0 Å². The van der Waals surface area contributed by atoms with E-state index in [1.807, 2.05) is 0 Å². The van der Waals surface area contributed by atoms with Crippen molar-refractivity contribution in [2.24, 2.45) is 29.6 Å². The first-order valence-corrected chi connectivity index (χ1v) is 13.9. The molecule has 0 aromatic heterocycles. The Morgan fingerprint density at radius 3 is 1.97 bits per heavy atom. The minimum absolute atomic E-state index is 0.844. The Bertz CT molecular complexity index is 605. The number of hydrogen-bond acceptors (Lipinski definition) is 0. The van der Waals surface area contributed by atoms with Crippen molar-refractivity contribution in [1.82, 2.24) is 0 Å². The first kappa shape index (κ1) is 22.4. The van der Waals surface area contributed by atoms with Gasteiger partial charge in [0.15, 0.2) is 0 Å². The van der Waals surface area contributed by atoms with Crippen LogP contribution >= 0.6 is 0 Å². The summed E-state index contributed by atoms with van der Waals surface area (Å²) in [6, 6.07) is 9.72. The van der Waals surface area contributed by atoms with Gasteiger partial charge in [-0.1, -0.05) is 83.1 Å². The van der Waals surface area contributed by atoms with Crippen LogP contribution in [0.15, 0.2) is 24.3 Å². The average molecular weight is 409 g/mol. The summed E-state index contributed by atoms with van der Waals surface area (Å²) in [5, 5.41) is 0. The largest absolute Gasteiger partial charge is 0.0654 e. The molecule has 0 radical (unpaired) electrons. The summed E-state index contributed by atoms with van der Waals surface area (Å²) in [5.74, 6) is 6.16. The molecule has 0 bridgehead atoms. The van der Waals surface area contributed by atoms with Crippen molar-refractivity contribution in [3.05, 3.63) is 35.4 Å². The Morgan fingerprint density at radius 2 is 1.27 bits per heavy atom. The number of rotatable bonds is 8. The summed E-state index contributed by atoms with van der Waals surface area (Å²) in [7, 11) is 0. The SMILES string of the molecule is CCCCCC1CCC(C2CCC3CC(c4ccc(CCC)cc4)CCC3C2)CC1. The molecule has 30 heavy (non-hydrogen) atoms. The fraction of sp³-hybridized carbons (Fsp3) is 0.800. The molecular formula is C30H48. The van der Waals surface area contributed by atoms with Crippen molar-refractivity contribution in [2.75, 3.05) is 0 Å². The van der Waals surface area contributed by atoms with Crippen LogP contribution in [0.2, 0.25) is 0 Å². The van der Waals surface area contributed by atoms with Crippen LogP contribution in [0.1, 0.15) is 127 Å². The monoisotopic (exact) mass is 408 g/mol. The van der Waals surface area contributed by atoms with E-state index in [0.717, 1.165) is 35.5 Å². The van der Waals surface area contributed by atoms with Gasteiger partial charge >= 0.3 is 0 Å². The molecule has 168 valence electrons. The van der Waals surface area contributed by atoms with Crippen LogP contribution in [0.3, 0.4) is 0 Å². The normalized spacial score (nSPS) is 34.5. The maximum atomic E-state index is 2.46. The quantitative estimate of drug-likeness (QED) is 0.376. The van der Waals surface area contributed by atoms with Crippen LogP contribution in [0.5, 0.6) is 0 Å². The van der Waals surface area contributed by atoms with E-state index in [0.29, 0.717) is 0 Å². The molecule has 0 saturated heterocycles. The highest BCUT2D eigenvalue weighted by molar-refractivity contribution is 5.26. The van der Waals surface area contributed by atoms with Crippen molar-refractivity contribution >= 4 is 0 Å². The van der Waals surface area contributed by atoms with Crippen LogP contribution in [-0.4, -0.2) is 0 Å². The Morgan fingerprint density at radius 1 is 0.633 bits per heavy atom.